The standard InChI is InChI=1S/C15H14FN3S/c1-2-19-15(11-7-17-9-18-8-11)14-5-10-3-4-12(16)6-13(10)20-14/h3-9,15,19H,2H2,1H3. The van der Waals surface area contributed by atoms with Crippen LogP contribution in [0.1, 0.15) is 23.4 Å². The van der Waals surface area contributed by atoms with Crippen molar-refractivity contribution >= 4 is 21.4 Å². The molecule has 1 aromatic carbocycles. The summed E-state index contributed by atoms with van der Waals surface area (Å²) in [6, 6.07) is 7.02. The van der Waals surface area contributed by atoms with Crippen LogP contribution in [0.5, 0.6) is 0 Å². The smallest absolute Gasteiger partial charge is 0.124 e. The molecule has 1 unspecified atom stereocenters. The topological polar surface area (TPSA) is 37.8 Å². The molecule has 20 heavy (non-hydrogen) atoms. The summed E-state index contributed by atoms with van der Waals surface area (Å²) in [5, 5.41) is 4.49. The van der Waals surface area contributed by atoms with Crippen LogP contribution in [0.25, 0.3) is 10.1 Å². The Hall–Kier alpha value is -1.85. The molecule has 0 amide bonds. The molecule has 0 bridgehead atoms. The summed E-state index contributed by atoms with van der Waals surface area (Å²) in [6.45, 7) is 2.89. The summed E-state index contributed by atoms with van der Waals surface area (Å²) in [6.07, 6.45) is 5.14. The molecule has 3 rings (SSSR count). The van der Waals surface area contributed by atoms with Gasteiger partial charge in [0, 0.05) is 27.5 Å². The molecule has 1 atom stereocenters. The van der Waals surface area contributed by atoms with Crippen molar-refractivity contribution in [1.29, 1.82) is 0 Å². The second kappa shape index (κ2) is 5.64. The van der Waals surface area contributed by atoms with Crippen LogP contribution in [0.4, 0.5) is 4.39 Å². The second-order valence-electron chi connectivity index (χ2n) is 4.49. The van der Waals surface area contributed by atoms with Crippen LogP contribution in [-0.2, 0) is 0 Å². The highest BCUT2D eigenvalue weighted by molar-refractivity contribution is 7.19. The quantitative estimate of drug-likeness (QED) is 0.797. The lowest BCUT2D eigenvalue weighted by molar-refractivity contribution is 0.630. The molecule has 0 aliphatic heterocycles. The average Bonchev–Trinajstić information content (AvgIpc) is 2.88. The van der Waals surface area contributed by atoms with E-state index in [2.05, 4.69) is 28.3 Å². The number of hydrogen-bond donors (Lipinski definition) is 1. The van der Waals surface area contributed by atoms with Crippen molar-refractivity contribution in [3.63, 3.8) is 0 Å². The molecule has 102 valence electrons. The Labute approximate surface area is 120 Å². The van der Waals surface area contributed by atoms with Crippen molar-refractivity contribution in [2.24, 2.45) is 0 Å². The highest BCUT2D eigenvalue weighted by Crippen LogP contribution is 2.33. The number of fused-ring (bicyclic) bond motifs is 1. The highest BCUT2D eigenvalue weighted by atomic mass is 32.1. The van der Waals surface area contributed by atoms with Crippen LogP contribution >= 0.6 is 11.3 Å². The lowest BCUT2D eigenvalue weighted by Crippen LogP contribution is -2.21. The maximum Gasteiger partial charge on any atom is 0.124 e. The van der Waals surface area contributed by atoms with E-state index in [0.717, 1.165) is 27.1 Å². The first-order valence-electron chi connectivity index (χ1n) is 6.45. The van der Waals surface area contributed by atoms with Gasteiger partial charge >= 0.3 is 0 Å². The summed E-state index contributed by atoms with van der Waals surface area (Å²) >= 11 is 1.60. The van der Waals surface area contributed by atoms with Gasteiger partial charge in [0.15, 0.2) is 0 Å². The third-order valence-corrected chi connectivity index (χ3v) is 4.27. The average molecular weight is 287 g/mol. The predicted molar refractivity (Wildman–Crippen MR) is 79.3 cm³/mol. The van der Waals surface area contributed by atoms with E-state index in [0.29, 0.717) is 0 Å². The summed E-state index contributed by atoms with van der Waals surface area (Å²) < 4.78 is 14.2. The highest BCUT2D eigenvalue weighted by Gasteiger charge is 2.16. The van der Waals surface area contributed by atoms with Crippen molar-refractivity contribution in [3.8, 4) is 0 Å². The van der Waals surface area contributed by atoms with Crippen molar-refractivity contribution in [3.05, 3.63) is 59.2 Å². The number of thiophene rings is 1. The van der Waals surface area contributed by atoms with E-state index in [1.165, 1.54) is 12.4 Å². The molecule has 0 radical (unpaired) electrons. The van der Waals surface area contributed by atoms with Crippen LogP contribution < -0.4 is 5.32 Å². The van der Waals surface area contributed by atoms with Crippen LogP contribution in [-0.4, -0.2) is 16.5 Å². The molecular weight excluding hydrogens is 273 g/mol. The van der Waals surface area contributed by atoms with Gasteiger partial charge in [-0.3, -0.25) is 0 Å². The third kappa shape index (κ3) is 2.55. The van der Waals surface area contributed by atoms with Gasteiger partial charge in [-0.1, -0.05) is 13.0 Å². The molecule has 3 nitrogen and oxygen atoms in total. The number of halogens is 1. The lowest BCUT2D eigenvalue weighted by atomic mass is 10.1. The van der Waals surface area contributed by atoms with Crippen molar-refractivity contribution < 1.29 is 4.39 Å². The molecule has 3 aromatic rings. The van der Waals surface area contributed by atoms with E-state index in [4.69, 9.17) is 0 Å². The number of benzene rings is 1. The number of nitrogens with one attached hydrogen (secondary N) is 1. The van der Waals surface area contributed by atoms with Gasteiger partial charge in [0.1, 0.15) is 12.1 Å². The van der Waals surface area contributed by atoms with Crippen molar-refractivity contribution in [1.82, 2.24) is 15.3 Å². The second-order valence-corrected chi connectivity index (χ2v) is 5.61. The Morgan fingerprint density at radius 1 is 1.25 bits per heavy atom. The Morgan fingerprint density at radius 3 is 2.80 bits per heavy atom. The molecular formula is C15H14FN3S. The fourth-order valence-electron chi connectivity index (χ4n) is 2.21. The van der Waals surface area contributed by atoms with E-state index in [-0.39, 0.29) is 11.9 Å². The van der Waals surface area contributed by atoms with Crippen LogP contribution in [0.3, 0.4) is 0 Å². The summed E-state index contributed by atoms with van der Waals surface area (Å²) in [5.41, 5.74) is 1.02. The van der Waals surface area contributed by atoms with E-state index in [1.54, 1.807) is 17.4 Å². The number of rotatable bonds is 4. The largest absolute Gasteiger partial charge is 0.306 e. The first-order chi connectivity index (χ1) is 9.78. The van der Waals surface area contributed by atoms with Gasteiger partial charge in [-0.2, -0.15) is 0 Å². The summed E-state index contributed by atoms with van der Waals surface area (Å²) in [7, 11) is 0. The molecule has 0 saturated heterocycles. The van der Waals surface area contributed by atoms with Gasteiger partial charge in [0.05, 0.1) is 6.04 Å². The zero-order valence-corrected chi connectivity index (χ0v) is 11.8. The van der Waals surface area contributed by atoms with Gasteiger partial charge < -0.3 is 5.32 Å². The van der Waals surface area contributed by atoms with Gasteiger partial charge in [-0.25, -0.2) is 14.4 Å². The molecule has 0 spiro atoms. The van der Waals surface area contributed by atoms with Gasteiger partial charge in [-0.05, 0) is 30.1 Å². The van der Waals surface area contributed by atoms with Gasteiger partial charge in [0.2, 0.25) is 0 Å². The lowest BCUT2D eigenvalue weighted by Gasteiger charge is -2.15. The maximum absolute atomic E-state index is 13.3. The Kier molecular flexibility index (Phi) is 3.71. The first kappa shape index (κ1) is 13.1. The normalized spacial score (nSPS) is 12.7. The molecule has 0 aliphatic rings. The van der Waals surface area contributed by atoms with Gasteiger partial charge in [0.25, 0.3) is 0 Å². The van der Waals surface area contributed by atoms with E-state index in [9.17, 15) is 4.39 Å². The Balaban J connectivity index is 2.05. The minimum Gasteiger partial charge on any atom is -0.306 e. The molecule has 2 aromatic heterocycles. The molecule has 5 heteroatoms. The summed E-state index contributed by atoms with van der Waals surface area (Å²) in [4.78, 5) is 9.29. The molecule has 2 heterocycles. The SMILES string of the molecule is CCNC(c1cncnc1)c1cc2ccc(F)cc2s1. The number of aromatic nitrogens is 2. The number of hydrogen-bond acceptors (Lipinski definition) is 4. The van der Waals surface area contributed by atoms with Gasteiger partial charge in [-0.15, -0.1) is 11.3 Å². The van der Waals surface area contributed by atoms with Crippen molar-refractivity contribution in [2.75, 3.05) is 6.54 Å². The maximum atomic E-state index is 13.3. The minimum absolute atomic E-state index is 0.0432. The van der Waals surface area contributed by atoms with Crippen LogP contribution in [0.2, 0.25) is 0 Å². The third-order valence-electron chi connectivity index (χ3n) is 3.11. The zero-order valence-electron chi connectivity index (χ0n) is 11.0. The van der Waals surface area contributed by atoms with E-state index < -0.39 is 0 Å². The fraction of sp³-hybridized carbons (Fsp3) is 0.200. The van der Waals surface area contributed by atoms with Crippen LogP contribution in [0, 0.1) is 5.82 Å². The zero-order chi connectivity index (χ0) is 13.9. The van der Waals surface area contributed by atoms with E-state index >= 15 is 0 Å². The van der Waals surface area contributed by atoms with Crippen LogP contribution in [0.15, 0.2) is 43.0 Å². The fourth-order valence-corrected chi connectivity index (χ4v) is 3.41. The first-order valence-corrected chi connectivity index (χ1v) is 7.27. The monoisotopic (exact) mass is 287 g/mol. The molecule has 0 saturated carbocycles. The van der Waals surface area contributed by atoms with Crippen molar-refractivity contribution in [2.45, 2.75) is 13.0 Å². The Morgan fingerprint density at radius 2 is 2.05 bits per heavy atom. The Bertz CT molecular complexity index is 711. The minimum atomic E-state index is -0.200. The molecule has 0 fully saturated rings. The number of nitrogens with zero attached hydrogens (tertiary/aromatic N) is 2. The van der Waals surface area contributed by atoms with E-state index in [1.807, 2.05) is 18.5 Å². The summed E-state index contributed by atoms with van der Waals surface area (Å²) in [5.74, 6) is -0.200. The molecule has 1 N–H and O–H groups in total. The predicted octanol–water partition coefficient (Wildman–Crippen LogP) is 3.53. The molecule has 0 aliphatic carbocycles.